The molecule has 0 saturated carbocycles. The first kappa shape index (κ1) is 18.1. The lowest BCUT2D eigenvalue weighted by molar-refractivity contribution is -0.124. The number of aliphatic hydroxyl groups is 4. The van der Waals surface area contributed by atoms with E-state index < -0.39 is 67.8 Å². The molecule has 0 amide bonds. The van der Waals surface area contributed by atoms with Gasteiger partial charge >= 0.3 is 0 Å². The Morgan fingerprint density at radius 2 is 0.583 bits per heavy atom. The maximum absolute atomic E-state index is 10.6. The lowest BCUT2D eigenvalue weighted by atomic mass is 10.1. The van der Waals surface area contributed by atoms with E-state index in [4.69, 9.17) is 30.6 Å². The first-order chi connectivity index (χ1) is 10.9. The number of aromatic hydroxyl groups is 2. The third-order valence-electron chi connectivity index (χ3n) is 2.58. The molecule has 12 heteroatoms. The second kappa shape index (κ2) is 6.04. The third kappa shape index (κ3) is 2.70. The Bertz CT molecular complexity index is 905. The topological polar surface area (TPSA) is 224 Å². The first-order valence-electron chi connectivity index (χ1n) is 5.57. The number of hydrogen-bond donors (Lipinski definition) is 6. The van der Waals surface area contributed by atoms with Crippen molar-refractivity contribution in [2.45, 2.75) is 0 Å². The van der Waals surface area contributed by atoms with Gasteiger partial charge in [0, 0.05) is 0 Å². The molecule has 0 unspecified atom stereocenters. The van der Waals surface area contributed by atoms with E-state index >= 15 is 0 Å². The van der Waals surface area contributed by atoms with E-state index in [1.54, 1.807) is 0 Å². The van der Waals surface area contributed by atoms with Gasteiger partial charge in [0.15, 0.2) is 0 Å². The zero-order chi connectivity index (χ0) is 18.9. The number of benzene rings is 1. The second-order valence-corrected chi connectivity index (χ2v) is 4.07. The quantitative estimate of drug-likeness (QED) is 0.160. The van der Waals surface area contributed by atoms with E-state index in [9.17, 15) is 28.8 Å². The largest absolute Gasteiger partial charge is 0.501 e. The lowest BCUT2D eigenvalue weighted by Gasteiger charge is -2.08. The van der Waals surface area contributed by atoms with Gasteiger partial charge in [0.05, 0.1) is 0 Å². The van der Waals surface area contributed by atoms with Gasteiger partial charge in [0.2, 0.25) is 34.5 Å². The smallest absolute Gasteiger partial charge is 0.281 e. The number of ketones is 2. The molecule has 0 heterocycles. The SMILES string of the molecule is O=C1C(O)=C(O)C(=O)C(O)=C1O.O=c1c(O)c(O)c(=O)c(=O)c1=O. The number of rotatable bonds is 0. The molecule has 0 aliphatic heterocycles. The van der Waals surface area contributed by atoms with Gasteiger partial charge < -0.3 is 30.6 Å². The van der Waals surface area contributed by atoms with E-state index in [1.165, 1.54) is 0 Å². The maximum atomic E-state index is 10.6. The Morgan fingerprint density at radius 3 is 0.792 bits per heavy atom. The molecule has 0 atom stereocenters. The molecule has 0 fully saturated rings. The Labute approximate surface area is 128 Å². The average Bonchev–Trinajstić information content (AvgIpc) is 2.58. The molecular weight excluding hydrogens is 336 g/mol. The molecule has 1 aliphatic rings. The van der Waals surface area contributed by atoms with E-state index in [2.05, 4.69) is 0 Å². The summed E-state index contributed by atoms with van der Waals surface area (Å²) in [6.45, 7) is 0. The summed E-state index contributed by atoms with van der Waals surface area (Å²) in [6.07, 6.45) is 0. The summed E-state index contributed by atoms with van der Waals surface area (Å²) in [4.78, 5) is 63.1. The monoisotopic (exact) mass is 342 g/mol. The molecule has 0 radical (unpaired) electrons. The van der Waals surface area contributed by atoms with Crippen LogP contribution in [0, 0.1) is 0 Å². The van der Waals surface area contributed by atoms with Gasteiger partial charge in [0.25, 0.3) is 33.3 Å². The Balaban J connectivity index is 0.000000240. The molecule has 0 aromatic heterocycles. The third-order valence-corrected chi connectivity index (χ3v) is 2.58. The van der Waals surface area contributed by atoms with Crippen molar-refractivity contribution in [1.29, 1.82) is 0 Å². The standard InChI is InChI=1S/C6H4O6.C6H2O6/c2*7-1-2(8)4(10)6(12)5(11)3(1)9/h7-8,11-12H;7-8H. The highest BCUT2D eigenvalue weighted by Gasteiger charge is 2.34. The van der Waals surface area contributed by atoms with Crippen LogP contribution in [0.5, 0.6) is 11.5 Å². The highest BCUT2D eigenvalue weighted by molar-refractivity contribution is 6.21. The number of Topliss-reactive ketones (excluding diaryl/α,β-unsaturated/α-hetero) is 2. The Morgan fingerprint density at radius 1 is 0.375 bits per heavy atom. The second-order valence-electron chi connectivity index (χ2n) is 4.07. The van der Waals surface area contributed by atoms with Crippen LogP contribution < -0.4 is 21.7 Å². The number of carbonyl (C=O) groups excluding carboxylic acids is 2. The zero-order valence-corrected chi connectivity index (χ0v) is 11.1. The number of aliphatic hydroxyl groups excluding tert-OH is 4. The molecule has 0 bridgehead atoms. The predicted molar refractivity (Wildman–Crippen MR) is 71.8 cm³/mol. The van der Waals surface area contributed by atoms with Gasteiger partial charge in [-0.2, -0.15) is 0 Å². The number of carbonyl (C=O) groups is 2. The van der Waals surface area contributed by atoms with E-state index in [1.807, 2.05) is 0 Å². The number of hydrogen-bond acceptors (Lipinski definition) is 12. The first-order valence-corrected chi connectivity index (χ1v) is 5.57. The molecule has 0 saturated heterocycles. The van der Waals surface area contributed by atoms with Crippen molar-refractivity contribution in [3.8, 4) is 11.5 Å². The summed E-state index contributed by atoms with van der Waals surface area (Å²) >= 11 is 0. The maximum Gasteiger partial charge on any atom is 0.281 e. The van der Waals surface area contributed by atoms with Crippen LogP contribution in [0.25, 0.3) is 0 Å². The van der Waals surface area contributed by atoms with E-state index in [-0.39, 0.29) is 0 Å². The number of phenolic OH excluding ortho intramolecular Hbond substituents is 2. The molecule has 1 aromatic carbocycles. The molecule has 0 spiro atoms. The Hall–Kier alpha value is -3.96. The predicted octanol–water partition coefficient (Wildman–Crippen LogP) is -2.79. The van der Waals surface area contributed by atoms with Crippen LogP contribution in [0.3, 0.4) is 0 Å². The number of phenols is 2. The van der Waals surface area contributed by atoms with Crippen molar-refractivity contribution in [3.63, 3.8) is 0 Å². The molecule has 1 aromatic rings. The fourth-order valence-electron chi connectivity index (χ4n) is 1.29. The van der Waals surface area contributed by atoms with Gasteiger partial charge in [-0.05, 0) is 0 Å². The summed E-state index contributed by atoms with van der Waals surface area (Å²) in [6, 6.07) is 0. The van der Waals surface area contributed by atoms with Gasteiger partial charge in [-0.1, -0.05) is 0 Å². The molecule has 126 valence electrons. The van der Waals surface area contributed by atoms with Crippen LogP contribution in [0.4, 0.5) is 0 Å². The van der Waals surface area contributed by atoms with Crippen molar-refractivity contribution in [2.75, 3.05) is 0 Å². The lowest BCUT2D eigenvalue weighted by Crippen LogP contribution is -2.45. The van der Waals surface area contributed by atoms with Crippen LogP contribution in [-0.2, 0) is 9.59 Å². The van der Waals surface area contributed by atoms with Crippen LogP contribution in [0.2, 0.25) is 0 Å². The summed E-state index contributed by atoms with van der Waals surface area (Å²) in [5, 5.41) is 51.8. The minimum absolute atomic E-state index is 1.27. The van der Waals surface area contributed by atoms with Crippen molar-refractivity contribution in [2.24, 2.45) is 0 Å². The van der Waals surface area contributed by atoms with E-state index in [0.717, 1.165) is 0 Å². The van der Waals surface area contributed by atoms with Gasteiger partial charge in [-0.3, -0.25) is 28.8 Å². The molecule has 1 aliphatic carbocycles. The van der Waals surface area contributed by atoms with Crippen molar-refractivity contribution in [3.05, 3.63) is 63.9 Å². The minimum Gasteiger partial charge on any atom is -0.501 e. The molecule has 12 nitrogen and oxygen atoms in total. The van der Waals surface area contributed by atoms with E-state index in [0.29, 0.717) is 0 Å². The van der Waals surface area contributed by atoms with Gasteiger partial charge in [-0.15, -0.1) is 0 Å². The fourth-order valence-corrected chi connectivity index (χ4v) is 1.29. The zero-order valence-electron chi connectivity index (χ0n) is 11.1. The summed E-state index contributed by atoms with van der Waals surface area (Å²) < 4.78 is 0. The molecule has 6 N–H and O–H groups in total. The van der Waals surface area contributed by atoms with Crippen LogP contribution in [0.1, 0.15) is 0 Å². The Kier molecular flexibility index (Phi) is 4.55. The summed E-state index contributed by atoms with van der Waals surface area (Å²) in [7, 11) is 0. The summed E-state index contributed by atoms with van der Waals surface area (Å²) in [5.74, 6) is -10.6. The normalized spacial score (nSPS) is 14.5. The molecule has 24 heavy (non-hydrogen) atoms. The van der Waals surface area contributed by atoms with Crippen molar-refractivity contribution in [1.82, 2.24) is 0 Å². The van der Waals surface area contributed by atoms with Crippen LogP contribution in [-0.4, -0.2) is 42.2 Å². The molecule has 2 rings (SSSR count). The van der Waals surface area contributed by atoms with Gasteiger partial charge in [-0.25, -0.2) is 0 Å². The van der Waals surface area contributed by atoms with Crippen LogP contribution in [0.15, 0.2) is 42.2 Å². The highest BCUT2D eigenvalue weighted by Crippen LogP contribution is 2.17. The summed E-state index contributed by atoms with van der Waals surface area (Å²) in [5.41, 5.74) is -6.38. The highest BCUT2D eigenvalue weighted by atomic mass is 16.4. The van der Waals surface area contributed by atoms with Crippen LogP contribution >= 0.6 is 0 Å². The van der Waals surface area contributed by atoms with Crippen molar-refractivity contribution >= 4 is 11.6 Å². The average molecular weight is 342 g/mol. The minimum atomic E-state index is -1.63. The van der Waals surface area contributed by atoms with Crippen molar-refractivity contribution < 1.29 is 40.2 Å². The molecular formula is C12H6O12. The van der Waals surface area contributed by atoms with Gasteiger partial charge in [0.1, 0.15) is 0 Å². The fraction of sp³-hybridized carbons (Fsp3) is 0.